The lowest BCUT2D eigenvalue weighted by Crippen LogP contribution is -2.41. The van der Waals surface area contributed by atoms with Gasteiger partial charge in [-0.3, -0.25) is 13.6 Å². The minimum absolute atomic E-state index is 0.136. The van der Waals surface area contributed by atoms with Gasteiger partial charge in [0.25, 0.3) is 5.91 Å². The number of nitrogens with one attached hydrogen (secondary N) is 2. The summed E-state index contributed by atoms with van der Waals surface area (Å²) in [6, 6.07) is 9.37. The van der Waals surface area contributed by atoms with Gasteiger partial charge in [-0.15, -0.1) is 11.3 Å². The molecule has 1 aliphatic heterocycles. The van der Waals surface area contributed by atoms with Crippen molar-refractivity contribution in [1.29, 1.82) is 0 Å². The number of anilines is 2. The molecule has 3 aromatic rings. The van der Waals surface area contributed by atoms with Crippen LogP contribution in [0.3, 0.4) is 0 Å². The minimum Gasteiger partial charge on any atom is -0.393 e. The molecule has 1 fully saturated rings. The number of piperidine rings is 1. The largest absolute Gasteiger partial charge is 0.393 e. The van der Waals surface area contributed by atoms with E-state index in [9.17, 15) is 23.1 Å². The molecule has 0 aliphatic carbocycles. The predicted molar refractivity (Wildman–Crippen MR) is 135 cm³/mol. The molecule has 1 saturated heterocycles. The van der Waals surface area contributed by atoms with Gasteiger partial charge in [-0.2, -0.15) is 0 Å². The average Bonchev–Trinajstić information content (AvgIpc) is 3.50. The van der Waals surface area contributed by atoms with E-state index in [1.807, 2.05) is 36.6 Å². The SMILES string of the molecule is C[C@H]1CN(c2cccc(-c3csc(NC(=O)CNC(=O)c4ccn(S(C)(=O)=O)c4)n3)c2)CC[C@H]1O. The second kappa shape index (κ2) is 10.2. The summed E-state index contributed by atoms with van der Waals surface area (Å²) < 4.78 is 24.0. The van der Waals surface area contributed by atoms with Gasteiger partial charge in [-0.25, -0.2) is 13.4 Å². The van der Waals surface area contributed by atoms with Crippen LogP contribution in [0, 0.1) is 5.92 Å². The van der Waals surface area contributed by atoms with E-state index in [0.717, 1.165) is 46.7 Å². The zero-order valence-electron chi connectivity index (χ0n) is 19.3. The fourth-order valence-corrected chi connectivity index (χ4v) is 5.16. The van der Waals surface area contributed by atoms with E-state index in [0.29, 0.717) is 5.13 Å². The molecule has 0 radical (unpaired) electrons. The van der Waals surface area contributed by atoms with Crippen LogP contribution in [0.25, 0.3) is 11.3 Å². The van der Waals surface area contributed by atoms with Gasteiger partial charge in [0, 0.05) is 42.1 Å². The number of thiazole rings is 1. The number of nitrogens with zero attached hydrogens (tertiary/aromatic N) is 3. The highest BCUT2D eigenvalue weighted by atomic mass is 32.2. The molecule has 2 atom stereocenters. The highest BCUT2D eigenvalue weighted by molar-refractivity contribution is 7.89. The molecule has 12 heteroatoms. The number of rotatable bonds is 7. The molecule has 0 unspecified atom stereocenters. The van der Waals surface area contributed by atoms with Crippen molar-refractivity contribution < 1.29 is 23.1 Å². The lowest BCUT2D eigenvalue weighted by molar-refractivity contribution is -0.115. The third-order valence-electron chi connectivity index (χ3n) is 5.84. The van der Waals surface area contributed by atoms with E-state index in [1.165, 1.54) is 29.8 Å². The molecule has 1 aliphatic rings. The second-order valence-corrected chi connectivity index (χ2v) is 11.3. The van der Waals surface area contributed by atoms with Crippen LogP contribution in [0.15, 0.2) is 48.1 Å². The monoisotopic (exact) mass is 517 g/mol. The average molecular weight is 518 g/mol. The first-order chi connectivity index (χ1) is 16.6. The third kappa shape index (κ3) is 6.08. The van der Waals surface area contributed by atoms with E-state index < -0.39 is 21.8 Å². The molecule has 3 N–H and O–H groups in total. The van der Waals surface area contributed by atoms with E-state index in [2.05, 4.69) is 20.5 Å². The standard InChI is InChI=1S/C23H27N5O5S2/c1-15-12-27(8-7-20(15)29)18-5-3-4-16(10-18)19-14-34-23(25-19)26-21(30)11-24-22(31)17-6-9-28(13-17)35(2,32)33/h3-6,9-10,13-15,20,29H,7-8,11-12H2,1-2H3,(H,24,31)(H,25,26,30)/t15-,20+/m0/s1. The second-order valence-electron chi connectivity index (χ2n) is 8.59. The maximum Gasteiger partial charge on any atom is 0.253 e. The molecule has 0 bridgehead atoms. The van der Waals surface area contributed by atoms with E-state index in [1.54, 1.807) is 0 Å². The van der Waals surface area contributed by atoms with Crippen LogP contribution in [-0.2, 0) is 14.8 Å². The topological polar surface area (TPSA) is 134 Å². The van der Waals surface area contributed by atoms with Crippen LogP contribution in [0.5, 0.6) is 0 Å². The van der Waals surface area contributed by atoms with Crippen LogP contribution in [0.2, 0.25) is 0 Å². The van der Waals surface area contributed by atoms with Crippen LogP contribution in [-0.4, -0.2) is 66.3 Å². The molecule has 10 nitrogen and oxygen atoms in total. The molecule has 2 amide bonds. The van der Waals surface area contributed by atoms with Gasteiger partial charge in [0.1, 0.15) is 0 Å². The van der Waals surface area contributed by atoms with Gasteiger partial charge in [-0.1, -0.05) is 19.1 Å². The molecule has 0 saturated carbocycles. The first kappa shape index (κ1) is 24.9. The quantitative estimate of drug-likeness (QED) is 0.436. The fraction of sp³-hybridized carbons (Fsp3) is 0.348. The molecule has 4 rings (SSSR count). The Morgan fingerprint density at radius 3 is 2.80 bits per heavy atom. The predicted octanol–water partition coefficient (Wildman–Crippen LogP) is 1.99. The number of aliphatic hydroxyl groups excluding tert-OH is 1. The summed E-state index contributed by atoms with van der Waals surface area (Å²) in [7, 11) is -3.48. The Bertz CT molecular complexity index is 1330. The van der Waals surface area contributed by atoms with Crippen molar-refractivity contribution in [2.45, 2.75) is 19.4 Å². The first-order valence-corrected chi connectivity index (χ1v) is 13.8. The Morgan fingerprint density at radius 2 is 2.09 bits per heavy atom. The summed E-state index contributed by atoms with van der Waals surface area (Å²) in [4.78, 5) is 31.2. The number of carbonyl (C=O) groups excluding carboxylic acids is 2. The highest BCUT2D eigenvalue weighted by Gasteiger charge is 2.24. The Labute approximate surface area is 207 Å². The summed E-state index contributed by atoms with van der Waals surface area (Å²) in [5, 5.41) is 17.4. The van der Waals surface area contributed by atoms with Crippen molar-refractivity contribution in [2.24, 2.45) is 5.92 Å². The Kier molecular flexibility index (Phi) is 7.24. The number of aromatic nitrogens is 2. The van der Waals surface area contributed by atoms with Gasteiger partial charge >= 0.3 is 0 Å². The van der Waals surface area contributed by atoms with Crippen molar-refractivity contribution in [3.63, 3.8) is 0 Å². The highest BCUT2D eigenvalue weighted by Crippen LogP contribution is 2.30. The normalized spacial score (nSPS) is 18.3. The summed E-state index contributed by atoms with van der Waals surface area (Å²) in [5.74, 6) is -0.802. The zero-order valence-corrected chi connectivity index (χ0v) is 21.0. The van der Waals surface area contributed by atoms with Crippen LogP contribution in [0.1, 0.15) is 23.7 Å². The van der Waals surface area contributed by atoms with Gasteiger partial charge in [0.2, 0.25) is 15.9 Å². The van der Waals surface area contributed by atoms with E-state index in [4.69, 9.17) is 0 Å². The molecule has 35 heavy (non-hydrogen) atoms. The van der Waals surface area contributed by atoms with E-state index >= 15 is 0 Å². The van der Waals surface area contributed by atoms with Crippen LogP contribution < -0.4 is 15.5 Å². The molecule has 2 aromatic heterocycles. The Balaban J connectivity index is 1.34. The Morgan fingerprint density at radius 1 is 1.29 bits per heavy atom. The summed E-state index contributed by atoms with van der Waals surface area (Å²) >= 11 is 1.28. The number of aliphatic hydroxyl groups is 1. The number of hydrogen-bond donors (Lipinski definition) is 3. The third-order valence-corrected chi connectivity index (χ3v) is 7.59. The number of benzene rings is 1. The van der Waals surface area contributed by atoms with Gasteiger partial charge in [0.15, 0.2) is 5.13 Å². The maximum absolute atomic E-state index is 12.3. The smallest absolute Gasteiger partial charge is 0.253 e. The lowest BCUT2D eigenvalue weighted by Gasteiger charge is -2.36. The van der Waals surface area contributed by atoms with Crippen molar-refractivity contribution in [3.05, 3.63) is 53.7 Å². The van der Waals surface area contributed by atoms with Crippen molar-refractivity contribution in [2.75, 3.05) is 36.1 Å². The molecule has 3 heterocycles. The van der Waals surface area contributed by atoms with Crippen LogP contribution >= 0.6 is 11.3 Å². The van der Waals surface area contributed by atoms with Crippen molar-refractivity contribution in [1.82, 2.24) is 14.3 Å². The van der Waals surface area contributed by atoms with Crippen molar-refractivity contribution >= 4 is 44.0 Å². The molecular weight excluding hydrogens is 490 g/mol. The van der Waals surface area contributed by atoms with Crippen LogP contribution in [0.4, 0.5) is 10.8 Å². The van der Waals surface area contributed by atoms with Gasteiger partial charge < -0.3 is 20.6 Å². The molecule has 1 aromatic carbocycles. The summed E-state index contributed by atoms with van der Waals surface area (Å²) in [5.41, 5.74) is 2.84. The van der Waals surface area contributed by atoms with Gasteiger partial charge in [-0.05, 0) is 30.5 Å². The zero-order chi connectivity index (χ0) is 25.2. The first-order valence-electron chi connectivity index (χ1n) is 11.1. The summed E-state index contributed by atoms with van der Waals surface area (Å²) in [6.07, 6.45) is 3.96. The van der Waals surface area contributed by atoms with E-state index in [-0.39, 0.29) is 24.1 Å². The van der Waals surface area contributed by atoms with Gasteiger partial charge in [0.05, 0.1) is 30.2 Å². The molecule has 0 spiro atoms. The lowest BCUT2D eigenvalue weighted by atomic mass is 9.96. The fourth-order valence-electron chi connectivity index (χ4n) is 3.84. The number of hydrogen-bond acceptors (Lipinski definition) is 8. The number of carbonyl (C=O) groups is 2. The summed E-state index contributed by atoms with van der Waals surface area (Å²) in [6.45, 7) is 3.34. The number of amides is 2. The Hall–Kier alpha value is -3.22. The van der Waals surface area contributed by atoms with Crippen molar-refractivity contribution in [3.8, 4) is 11.3 Å². The molecular formula is C23H27N5O5S2. The minimum atomic E-state index is -3.48. The molecule has 186 valence electrons. The maximum atomic E-state index is 12.3.